The Balaban J connectivity index is 1.62. The van der Waals surface area contributed by atoms with E-state index in [1.807, 2.05) is 12.1 Å². The number of halogens is 1. The maximum Gasteiger partial charge on any atom is 0.269 e. The van der Waals surface area contributed by atoms with Crippen LogP contribution in [0.3, 0.4) is 0 Å². The molecule has 1 aliphatic heterocycles. The molecule has 1 atom stereocenters. The molecule has 2 N–H and O–H groups in total. The number of non-ortho nitro benzene ring substituents is 1. The normalized spacial score (nSPS) is 14.5. The molecule has 1 amide bonds. The number of allylic oxidation sites excluding steroid dienone is 1. The number of benzene rings is 3. The fourth-order valence-electron chi connectivity index (χ4n) is 4.23. The van der Waals surface area contributed by atoms with Crippen molar-refractivity contribution < 1.29 is 14.5 Å². The minimum Gasteiger partial charge on any atom is -0.495 e. The van der Waals surface area contributed by atoms with Crippen LogP contribution >= 0.6 is 11.6 Å². The van der Waals surface area contributed by atoms with E-state index in [9.17, 15) is 14.9 Å². The maximum atomic E-state index is 13.7. The summed E-state index contributed by atoms with van der Waals surface area (Å²) >= 11 is 6.39. The first-order valence-corrected chi connectivity index (χ1v) is 11.6. The number of nitro groups is 1. The number of ether oxygens (including phenoxy) is 1. The average Bonchev–Trinajstić information content (AvgIpc) is 3.31. The van der Waals surface area contributed by atoms with Crippen molar-refractivity contribution in [3.63, 3.8) is 0 Å². The highest BCUT2D eigenvalue weighted by atomic mass is 35.5. The van der Waals surface area contributed by atoms with Crippen molar-refractivity contribution in [3.05, 3.63) is 105 Å². The smallest absolute Gasteiger partial charge is 0.269 e. The predicted molar refractivity (Wildman–Crippen MR) is 140 cm³/mol. The van der Waals surface area contributed by atoms with Crippen LogP contribution in [0, 0.1) is 10.1 Å². The number of methoxy groups -OCH3 is 1. The van der Waals surface area contributed by atoms with Crippen molar-refractivity contribution in [3.8, 4) is 17.1 Å². The number of anilines is 2. The topological polar surface area (TPSA) is 124 Å². The molecule has 10 nitrogen and oxygen atoms in total. The predicted octanol–water partition coefficient (Wildman–Crippen LogP) is 5.44. The molecule has 0 saturated heterocycles. The van der Waals surface area contributed by atoms with E-state index >= 15 is 0 Å². The molecular formula is C26H21ClN6O4. The molecule has 11 heteroatoms. The monoisotopic (exact) mass is 516 g/mol. The number of para-hydroxylation sites is 2. The van der Waals surface area contributed by atoms with Crippen LogP contribution in [0.1, 0.15) is 18.5 Å². The molecule has 0 saturated carbocycles. The molecule has 186 valence electrons. The number of rotatable bonds is 6. The third-order valence-corrected chi connectivity index (χ3v) is 6.32. The molecule has 0 spiro atoms. The van der Waals surface area contributed by atoms with Crippen molar-refractivity contribution in [2.24, 2.45) is 0 Å². The molecule has 0 aliphatic carbocycles. The van der Waals surface area contributed by atoms with Crippen molar-refractivity contribution in [2.75, 3.05) is 17.7 Å². The van der Waals surface area contributed by atoms with Crippen LogP contribution in [0.4, 0.5) is 17.3 Å². The van der Waals surface area contributed by atoms with Crippen LogP contribution in [-0.4, -0.2) is 32.7 Å². The molecule has 2 heterocycles. The Hall–Kier alpha value is -4.70. The molecule has 0 bridgehead atoms. The Labute approximate surface area is 216 Å². The van der Waals surface area contributed by atoms with Gasteiger partial charge in [-0.25, -0.2) is 4.68 Å². The second-order valence-corrected chi connectivity index (χ2v) is 8.66. The molecule has 1 unspecified atom stereocenters. The van der Waals surface area contributed by atoms with Gasteiger partial charge in [-0.15, -0.1) is 5.10 Å². The summed E-state index contributed by atoms with van der Waals surface area (Å²) in [5.41, 5.74) is 2.61. The van der Waals surface area contributed by atoms with Crippen molar-refractivity contribution in [2.45, 2.75) is 13.0 Å². The molecule has 1 aliphatic rings. The standard InChI is InChI=1S/C26H21ClN6O4/c1-15-22(25(34)29-20-9-5-6-10-21(20)37-2)23(16-11-13-17(14-12-16)33(35)36)32-26(28-15)30-24(31-32)18-7-3-4-8-19(18)27/h3-14,23H,1-2H3,(H,29,34)(H,28,30,31). The van der Waals surface area contributed by atoms with E-state index in [1.54, 1.807) is 60.1 Å². The molecule has 0 radical (unpaired) electrons. The highest BCUT2D eigenvalue weighted by Gasteiger charge is 2.35. The van der Waals surface area contributed by atoms with Gasteiger partial charge >= 0.3 is 0 Å². The molecule has 3 aromatic carbocycles. The Morgan fingerprint density at radius 3 is 2.51 bits per heavy atom. The number of hydrogen-bond donors (Lipinski definition) is 2. The number of aromatic nitrogens is 3. The van der Waals surface area contributed by atoms with Gasteiger partial charge in [0.1, 0.15) is 11.8 Å². The summed E-state index contributed by atoms with van der Waals surface area (Å²) in [6.07, 6.45) is 0. The van der Waals surface area contributed by atoms with Gasteiger partial charge in [0.25, 0.3) is 11.6 Å². The summed E-state index contributed by atoms with van der Waals surface area (Å²) in [5.74, 6) is 0.898. The minimum absolute atomic E-state index is 0.0611. The third-order valence-electron chi connectivity index (χ3n) is 5.99. The van der Waals surface area contributed by atoms with Gasteiger partial charge in [0.2, 0.25) is 5.95 Å². The summed E-state index contributed by atoms with van der Waals surface area (Å²) in [4.78, 5) is 29.1. The lowest BCUT2D eigenvalue weighted by Crippen LogP contribution is -2.31. The SMILES string of the molecule is COc1ccccc1NC(=O)C1=C(C)Nc2nc(-c3ccccc3Cl)nn2C1c1ccc([N+](=O)[O-])cc1. The highest BCUT2D eigenvalue weighted by molar-refractivity contribution is 6.33. The van der Waals surface area contributed by atoms with E-state index in [1.165, 1.54) is 19.2 Å². The molecule has 37 heavy (non-hydrogen) atoms. The van der Waals surface area contributed by atoms with E-state index in [-0.39, 0.29) is 5.69 Å². The lowest BCUT2D eigenvalue weighted by molar-refractivity contribution is -0.384. The summed E-state index contributed by atoms with van der Waals surface area (Å²) in [6.45, 7) is 1.77. The quantitative estimate of drug-likeness (QED) is 0.258. The van der Waals surface area contributed by atoms with Gasteiger partial charge in [0.05, 0.1) is 28.3 Å². The zero-order valence-electron chi connectivity index (χ0n) is 19.8. The number of nitro benzene ring substituents is 1. The van der Waals surface area contributed by atoms with Gasteiger partial charge in [-0.1, -0.05) is 35.9 Å². The summed E-state index contributed by atoms with van der Waals surface area (Å²) in [5, 5.41) is 22.5. The van der Waals surface area contributed by atoms with Crippen molar-refractivity contribution >= 4 is 34.8 Å². The molecule has 5 rings (SSSR count). The van der Waals surface area contributed by atoms with Crippen LogP contribution in [0.5, 0.6) is 5.75 Å². The molecule has 1 aromatic heterocycles. The Bertz CT molecular complexity index is 1550. The van der Waals surface area contributed by atoms with E-state index in [0.717, 1.165) is 0 Å². The van der Waals surface area contributed by atoms with Gasteiger partial charge in [0.15, 0.2) is 5.82 Å². The van der Waals surface area contributed by atoms with Gasteiger partial charge in [-0.2, -0.15) is 4.98 Å². The van der Waals surface area contributed by atoms with Crippen LogP contribution in [0.25, 0.3) is 11.4 Å². The Morgan fingerprint density at radius 2 is 1.81 bits per heavy atom. The number of carbonyl (C=O) groups is 1. The lowest BCUT2D eigenvalue weighted by Gasteiger charge is -2.28. The zero-order chi connectivity index (χ0) is 26.1. The summed E-state index contributed by atoms with van der Waals surface area (Å²) < 4.78 is 6.96. The average molecular weight is 517 g/mol. The maximum absolute atomic E-state index is 13.7. The molecular weight excluding hydrogens is 496 g/mol. The first-order chi connectivity index (χ1) is 17.9. The second-order valence-electron chi connectivity index (χ2n) is 8.25. The van der Waals surface area contributed by atoms with Crippen LogP contribution in [0.2, 0.25) is 5.02 Å². The highest BCUT2D eigenvalue weighted by Crippen LogP contribution is 2.38. The Kier molecular flexibility index (Phi) is 6.33. The first-order valence-electron chi connectivity index (χ1n) is 11.3. The van der Waals surface area contributed by atoms with E-state index in [2.05, 4.69) is 15.6 Å². The fraction of sp³-hybridized carbons (Fsp3) is 0.115. The van der Waals surface area contributed by atoms with E-state index in [0.29, 0.717) is 50.6 Å². The number of hydrogen-bond acceptors (Lipinski definition) is 7. The molecule has 0 fully saturated rings. The molecule has 4 aromatic rings. The van der Waals surface area contributed by atoms with Crippen LogP contribution < -0.4 is 15.4 Å². The van der Waals surface area contributed by atoms with Crippen molar-refractivity contribution in [1.82, 2.24) is 14.8 Å². The second kappa shape index (κ2) is 9.75. The van der Waals surface area contributed by atoms with Gasteiger partial charge in [-0.05, 0) is 48.9 Å². The Morgan fingerprint density at radius 1 is 1.11 bits per heavy atom. The number of fused-ring (bicyclic) bond motifs is 1. The van der Waals surface area contributed by atoms with Crippen LogP contribution in [-0.2, 0) is 4.79 Å². The van der Waals surface area contributed by atoms with Gasteiger partial charge in [-0.3, -0.25) is 14.9 Å². The summed E-state index contributed by atoms with van der Waals surface area (Å²) in [7, 11) is 1.52. The number of amides is 1. The number of nitrogens with one attached hydrogen (secondary N) is 2. The lowest BCUT2D eigenvalue weighted by atomic mass is 9.95. The number of nitrogens with zero attached hydrogens (tertiary/aromatic N) is 4. The largest absolute Gasteiger partial charge is 0.495 e. The third kappa shape index (κ3) is 4.50. The first kappa shape index (κ1) is 24.0. The van der Waals surface area contributed by atoms with Crippen LogP contribution in [0.15, 0.2) is 84.1 Å². The van der Waals surface area contributed by atoms with Gasteiger partial charge in [0, 0.05) is 23.4 Å². The van der Waals surface area contributed by atoms with Gasteiger partial charge < -0.3 is 15.4 Å². The number of carbonyl (C=O) groups excluding carboxylic acids is 1. The van der Waals surface area contributed by atoms with E-state index in [4.69, 9.17) is 21.4 Å². The summed E-state index contributed by atoms with van der Waals surface area (Å²) in [6, 6.07) is 19.6. The zero-order valence-corrected chi connectivity index (χ0v) is 20.6. The van der Waals surface area contributed by atoms with Crippen molar-refractivity contribution in [1.29, 1.82) is 0 Å². The fourth-order valence-corrected chi connectivity index (χ4v) is 4.45. The minimum atomic E-state index is -0.726. The van der Waals surface area contributed by atoms with E-state index < -0.39 is 16.9 Å².